The van der Waals surface area contributed by atoms with E-state index in [-0.39, 0.29) is 17.2 Å². The molecule has 5 aromatic carbocycles. The van der Waals surface area contributed by atoms with Crippen LogP contribution in [0.3, 0.4) is 0 Å². The Balaban J connectivity index is 1.60. The fourth-order valence-electron chi connectivity index (χ4n) is 6.09. The van der Waals surface area contributed by atoms with Gasteiger partial charge in [-0.15, -0.1) is 0 Å². The van der Waals surface area contributed by atoms with Crippen molar-refractivity contribution in [2.75, 3.05) is 4.90 Å². The van der Waals surface area contributed by atoms with Crippen LogP contribution in [-0.2, 0) is 25.1 Å². The van der Waals surface area contributed by atoms with Gasteiger partial charge in [-0.05, 0) is 23.3 Å². The first-order valence-electron chi connectivity index (χ1n) is 13.8. The van der Waals surface area contributed by atoms with Crippen molar-refractivity contribution in [2.45, 2.75) is 22.3 Å². The van der Waals surface area contributed by atoms with E-state index in [1.807, 2.05) is 121 Å². The average molecular weight is 570 g/mol. The summed E-state index contributed by atoms with van der Waals surface area (Å²) >= 11 is 0. The summed E-state index contributed by atoms with van der Waals surface area (Å²) in [7, 11) is -3.96. The second kappa shape index (κ2) is 10.2. The van der Waals surface area contributed by atoms with E-state index in [2.05, 4.69) is 0 Å². The average Bonchev–Trinajstić information content (AvgIpc) is 3.13. The Kier molecular flexibility index (Phi) is 6.29. The van der Waals surface area contributed by atoms with Gasteiger partial charge in [-0.25, -0.2) is 8.42 Å². The summed E-state index contributed by atoms with van der Waals surface area (Å²) in [5, 5.41) is -0.979. The number of hydrogen-bond donors (Lipinski definition) is 0. The Morgan fingerprint density at radius 3 is 1.81 bits per heavy atom. The molecular formula is C36H27NO4S. The van der Waals surface area contributed by atoms with Crippen molar-refractivity contribution in [1.29, 1.82) is 0 Å². The van der Waals surface area contributed by atoms with Crippen LogP contribution in [0.4, 0.5) is 5.69 Å². The van der Waals surface area contributed by atoms with Gasteiger partial charge in [-0.3, -0.25) is 9.69 Å². The van der Waals surface area contributed by atoms with Gasteiger partial charge in [0.25, 0.3) is 5.91 Å². The van der Waals surface area contributed by atoms with Crippen LogP contribution in [0.15, 0.2) is 150 Å². The lowest BCUT2D eigenvalue weighted by Gasteiger charge is -2.48. The maximum absolute atomic E-state index is 15.1. The van der Waals surface area contributed by atoms with Gasteiger partial charge in [0, 0.05) is 17.5 Å². The number of hydrogen-bond acceptors (Lipinski definition) is 4. The van der Waals surface area contributed by atoms with E-state index >= 15 is 4.79 Å². The smallest absolute Gasteiger partial charge is 0.266 e. The first-order valence-corrected chi connectivity index (χ1v) is 15.4. The molecule has 2 aliphatic rings. The van der Waals surface area contributed by atoms with Crippen LogP contribution < -0.4 is 4.90 Å². The van der Waals surface area contributed by atoms with Gasteiger partial charge >= 0.3 is 0 Å². The maximum Gasteiger partial charge on any atom is 0.266 e. The normalized spacial score (nSPS) is 21.1. The zero-order valence-corrected chi connectivity index (χ0v) is 23.4. The molecule has 1 amide bonds. The van der Waals surface area contributed by atoms with E-state index in [0.29, 0.717) is 33.7 Å². The lowest BCUT2D eigenvalue weighted by Crippen LogP contribution is -2.55. The van der Waals surface area contributed by atoms with E-state index in [1.54, 1.807) is 29.2 Å². The number of carbonyl (C=O) groups excluding carboxylic acids is 1. The number of rotatable bonds is 4. The number of carbonyl (C=O) groups is 1. The van der Waals surface area contributed by atoms with Crippen LogP contribution in [-0.4, -0.2) is 14.3 Å². The quantitative estimate of drug-likeness (QED) is 0.226. The Hall–Kier alpha value is -4.94. The monoisotopic (exact) mass is 569 g/mol. The topological polar surface area (TPSA) is 63.7 Å². The van der Waals surface area contributed by atoms with E-state index in [4.69, 9.17) is 4.74 Å². The number of benzene rings is 5. The molecule has 2 aliphatic heterocycles. The molecule has 0 radical (unpaired) electrons. The summed E-state index contributed by atoms with van der Waals surface area (Å²) in [4.78, 5) is 16.8. The number of fused-ring (bicyclic) bond motifs is 3. The highest BCUT2D eigenvalue weighted by atomic mass is 32.2. The summed E-state index contributed by atoms with van der Waals surface area (Å²) in [6.07, 6.45) is -0.0117. The molecule has 2 unspecified atom stereocenters. The molecule has 0 aromatic heterocycles. The number of nitrogens with zero attached hydrogens (tertiary/aromatic N) is 1. The van der Waals surface area contributed by atoms with Crippen molar-refractivity contribution < 1.29 is 17.9 Å². The molecule has 6 heteroatoms. The number of para-hydroxylation sites is 1. The summed E-state index contributed by atoms with van der Waals surface area (Å²) in [5.74, 6) is 0.0852. The Morgan fingerprint density at radius 2 is 1.17 bits per heavy atom. The minimum absolute atomic E-state index is 0.0117. The number of amides is 1. The highest BCUT2D eigenvalue weighted by molar-refractivity contribution is 7.91. The van der Waals surface area contributed by atoms with Gasteiger partial charge in [0.05, 0.1) is 21.4 Å². The van der Waals surface area contributed by atoms with Crippen molar-refractivity contribution in [1.82, 2.24) is 0 Å². The molecule has 5 nitrogen and oxygen atoms in total. The van der Waals surface area contributed by atoms with Crippen LogP contribution >= 0.6 is 0 Å². The number of sulfone groups is 1. The molecule has 0 saturated heterocycles. The minimum atomic E-state index is -3.96. The first-order chi connectivity index (χ1) is 20.5. The van der Waals surface area contributed by atoms with Crippen LogP contribution in [0.1, 0.15) is 33.9 Å². The van der Waals surface area contributed by atoms with E-state index in [9.17, 15) is 8.42 Å². The zero-order valence-electron chi connectivity index (χ0n) is 22.6. The molecule has 0 N–H and O–H groups in total. The van der Waals surface area contributed by atoms with E-state index in [0.717, 1.165) is 5.56 Å². The van der Waals surface area contributed by atoms with E-state index in [1.165, 1.54) is 0 Å². The Bertz CT molecular complexity index is 1910. The summed E-state index contributed by atoms with van der Waals surface area (Å²) in [6, 6.07) is 44.4. The predicted octanol–water partition coefficient (Wildman–Crippen LogP) is 7.39. The van der Waals surface area contributed by atoms with Gasteiger partial charge in [-0.2, -0.15) is 0 Å². The molecule has 2 atom stereocenters. The lowest BCUT2D eigenvalue weighted by atomic mass is 9.87. The molecule has 0 aliphatic carbocycles. The van der Waals surface area contributed by atoms with Crippen LogP contribution in [0.5, 0.6) is 0 Å². The van der Waals surface area contributed by atoms with Crippen LogP contribution in [0.25, 0.3) is 11.3 Å². The standard InChI is InChI=1S/C36H27NO4S/c38-35-33(27-17-7-2-8-18-27)34(28-19-9-3-10-20-28)41-36(29-21-11-4-12-22-29)25-32(26-15-5-1-6-16-26)42(39,40)31-24-14-13-23-30(31)37(35)36/h1-24,32H,25H2. The SMILES string of the molecule is O=C1C(c2ccccc2)=C(c2ccccc2)OC2(c3ccccc3)CC(c3ccccc3)S(=O)(=O)c3ccccc3N12. The molecule has 42 heavy (non-hydrogen) atoms. The molecule has 0 fully saturated rings. The second-order valence-electron chi connectivity index (χ2n) is 10.4. The fraction of sp³-hybridized carbons (Fsp3) is 0.0833. The van der Waals surface area contributed by atoms with Crippen LogP contribution in [0.2, 0.25) is 0 Å². The number of ether oxygens (including phenoxy) is 1. The van der Waals surface area contributed by atoms with Gasteiger partial charge in [0.1, 0.15) is 5.76 Å². The van der Waals surface area contributed by atoms with Crippen molar-refractivity contribution >= 4 is 32.8 Å². The van der Waals surface area contributed by atoms with Gasteiger partial charge < -0.3 is 4.74 Å². The number of anilines is 1. The predicted molar refractivity (Wildman–Crippen MR) is 164 cm³/mol. The molecule has 206 valence electrons. The molecule has 5 aromatic rings. The van der Waals surface area contributed by atoms with E-state index < -0.39 is 20.8 Å². The second-order valence-corrected chi connectivity index (χ2v) is 12.5. The minimum Gasteiger partial charge on any atom is -0.462 e. The fourth-order valence-corrected chi connectivity index (χ4v) is 8.08. The van der Waals surface area contributed by atoms with Crippen molar-refractivity contribution in [3.8, 4) is 0 Å². The molecule has 0 bridgehead atoms. The lowest BCUT2D eigenvalue weighted by molar-refractivity contribution is -0.120. The summed E-state index contributed by atoms with van der Waals surface area (Å²) in [6.45, 7) is 0. The Morgan fingerprint density at radius 1 is 0.643 bits per heavy atom. The highest BCUT2D eigenvalue weighted by Gasteiger charge is 2.57. The molecule has 7 rings (SSSR count). The zero-order chi connectivity index (χ0) is 28.7. The summed E-state index contributed by atoms with van der Waals surface area (Å²) < 4.78 is 36.3. The molecule has 0 spiro atoms. The van der Waals surface area contributed by atoms with Crippen molar-refractivity contribution in [3.63, 3.8) is 0 Å². The van der Waals surface area contributed by atoms with Gasteiger partial charge in [0.2, 0.25) is 5.72 Å². The third kappa shape index (κ3) is 4.06. The Labute approximate surface area is 245 Å². The maximum atomic E-state index is 15.1. The van der Waals surface area contributed by atoms with Gasteiger partial charge in [-0.1, -0.05) is 133 Å². The van der Waals surface area contributed by atoms with Gasteiger partial charge in [0.15, 0.2) is 9.84 Å². The third-order valence-electron chi connectivity index (χ3n) is 8.02. The highest BCUT2D eigenvalue weighted by Crippen LogP contribution is 2.55. The largest absolute Gasteiger partial charge is 0.462 e. The first kappa shape index (κ1) is 26.0. The summed E-state index contributed by atoms with van der Waals surface area (Å²) in [5.41, 5.74) is 1.95. The third-order valence-corrected chi connectivity index (χ3v) is 10.2. The molecule has 2 heterocycles. The molecular weight excluding hydrogens is 542 g/mol. The van der Waals surface area contributed by atoms with Crippen molar-refractivity contribution in [3.05, 3.63) is 168 Å². The van der Waals surface area contributed by atoms with Crippen LogP contribution in [0, 0.1) is 0 Å². The van der Waals surface area contributed by atoms with Crippen molar-refractivity contribution in [2.24, 2.45) is 0 Å². The molecule has 0 saturated carbocycles.